The molecule has 0 unspecified atom stereocenters. The van der Waals surface area contributed by atoms with Crippen molar-refractivity contribution < 1.29 is 18.0 Å². The van der Waals surface area contributed by atoms with Gasteiger partial charge in [-0.25, -0.2) is 8.42 Å². The fourth-order valence-corrected chi connectivity index (χ4v) is 5.19. The summed E-state index contributed by atoms with van der Waals surface area (Å²) < 4.78 is 26.1. The summed E-state index contributed by atoms with van der Waals surface area (Å²) in [4.78, 5) is 27.6. The van der Waals surface area contributed by atoms with Crippen molar-refractivity contribution in [2.24, 2.45) is 0 Å². The molecule has 2 rings (SSSR count). The molecule has 2 aromatic carbocycles. The summed E-state index contributed by atoms with van der Waals surface area (Å²) in [5, 5.41) is 3.67. The number of sulfonamides is 1. The number of nitrogens with zero attached hydrogens (tertiary/aromatic N) is 2. The molecule has 192 valence electrons. The second kappa shape index (κ2) is 13.1. The number of hydrogen-bond donors (Lipinski definition) is 1. The van der Waals surface area contributed by atoms with E-state index in [1.807, 2.05) is 32.9 Å². The van der Waals surface area contributed by atoms with Crippen molar-refractivity contribution in [2.75, 3.05) is 23.7 Å². The molecule has 0 saturated heterocycles. The first-order chi connectivity index (χ1) is 16.5. The van der Waals surface area contributed by atoms with Gasteiger partial charge >= 0.3 is 0 Å². The fourth-order valence-electron chi connectivity index (χ4n) is 3.76. The zero-order valence-electron chi connectivity index (χ0n) is 20.6. The molecule has 0 fully saturated rings. The van der Waals surface area contributed by atoms with E-state index in [-0.39, 0.29) is 37.7 Å². The highest BCUT2D eigenvalue weighted by molar-refractivity contribution is 7.92. The molecule has 0 aliphatic heterocycles. The van der Waals surface area contributed by atoms with E-state index < -0.39 is 16.1 Å². The van der Waals surface area contributed by atoms with Crippen molar-refractivity contribution in [2.45, 2.75) is 52.6 Å². The Morgan fingerprint density at radius 3 is 2.26 bits per heavy atom. The monoisotopic (exact) mass is 541 g/mol. The maximum atomic E-state index is 13.4. The summed E-state index contributed by atoms with van der Waals surface area (Å²) in [5.74, 6) is -0.502. The number of halogens is 2. The molecular weight excluding hydrogens is 509 g/mol. The van der Waals surface area contributed by atoms with E-state index in [0.29, 0.717) is 34.3 Å². The van der Waals surface area contributed by atoms with Crippen LogP contribution in [0.25, 0.3) is 0 Å². The summed E-state index contributed by atoms with van der Waals surface area (Å²) in [6.45, 7) is 6.30. The molecule has 0 radical (unpaired) electrons. The number of likely N-dealkylation sites (N-methyl/N-ethyl adjacent to an activating group) is 1. The topological polar surface area (TPSA) is 86.8 Å². The SMILES string of the molecule is CCNC(=O)[C@@H](CC)N(Cc1ccc(Cl)cc1Cl)C(=O)CCCN(c1ccc(C)cc1)S(C)(=O)=O. The van der Waals surface area contributed by atoms with Gasteiger partial charge in [-0.2, -0.15) is 0 Å². The van der Waals surface area contributed by atoms with Crippen molar-refractivity contribution >= 4 is 50.7 Å². The molecule has 2 aromatic rings. The van der Waals surface area contributed by atoms with Gasteiger partial charge in [0.05, 0.1) is 11.9 Å². The first-order valence-electron chi connectivity index (χ1n) is 11.5. The standard InChI is InChI=1S/C25H33Cl2N3O4S/c1-5-23(25(32)28-6-2)29(17-19-11-12-20(26)16-22(19)27)24(31)8-7-15-30(35(4,33)34)21-13-9-18(3)10-14-21/h9-14,16,23H,5-8,15,17H2,1-4H3,(H,28,32)/t23-/m1/s1. The number of hydrogen-bond acceptors (Lipinski definition) is 4. The number of rotatable bonds is 12. The predicted molar refractivity (Wildman–Crippen MR) is 142 cm³/mol. The lowest BCUT2D eigenvalue weighted by atomic mass is 10.1. The molecule has 0 aromatic heterocycles. The fraction of sp³-hybridized carbons (Fsp3) is 0.440. The summed E-state index contributed by atoms with van der Waals surface area (Å²) >= 11 is 12.4. The molecule has 0 heterocycles. The van der Waals surface area contributed by atoms with Gasteiger partial charge < -0.3 is 10.2 Å². The first kappa shape index (κ1) is 28.9. The van der Waals surface area contributed by atoms with Crippen molar-refractivity contribution in [3.63, 3.8) is 0 Å². The largest absolute Gasteiger partial charge is 0.355 e. The Morgan fingerprint density at radius 1 is 1.06 bits per heavy atom. The number of aryl methyl sites for hydroxylation is 1. The third-order valence-electron chi connectivity index (χ3n) is 5.57. The third kappa shape index (κ3) is 8.40. The maximum absolute atomic E-state index is 13.4. The van der Waals surface area contributed by atoms with Gasteiger partial charge in [0.15, 0.2) is 0 Å². The molecule has 0 aliphatic carbocycles. The van der Waals surface area contributed by atoms with Gasteiger partial charge in [-0.15, -0.1) is 0 Å². The minimum absolute atomic E-state index is 0.0684. The maximum Gasteiger partial charge on any atom is 0.242 e. The molecule has 1 N–H and O–H groups in total. The van der Waals surface area contributed by atoms with Gasteiger partial charge in [0.1, 0.15) is 6.04 Å². The molecular formula is C25H33Cl2N3O4S. The Balaban J connectivity index is 2.23. The molecule has 0 spiro atoms. The van der Waals surface area contributed by atoms with Gasteiger partial charge in [-0.1, -0.05) is 53.9 Å². The Hall–Kier alpha value is -2.29. The van der Waals surface area contributed by atoms with Crippen LogP contribution in [0.5, 0.6) is 0 Å². The minimum Gasteiger partial charge on any atom is -0.355 e. The van der Waals surface area contributed by atoms with Crippen LogP contribution in [0.3, 0.4) is 0 Å². The Kier molecular flexibility index (Phi) is 10.9. The predicted octanol–water partition coefficient (Wildman–Crippen LogP) is 4.79. The average molecular weight is 543 g/mol. The van der Waals surface area contributed by atoms with Crippen LogP contribution < -0.4 is 9.62 Å². The van der Waals surface area contributed by atoms with Crippen LogP contribution >= 0.6 is 23.2 Å². The highest BCUT2D eigenvalue weighted by Gasteiger charge is 2.29. The minimum atomic E-state index is -3.53. The third-order valence-corrected chi connectivity index (χ3v) is 7.35. The first-order valence-corrected chi connectivity index (χ1v) is 14.1. The van der Waals surface area contributed by atoms with Crippen molar-refractivity contribution in [3.8, 4) is 0 Å². The van der Waals surface area contributed by atoms with Crippen LogP contribution in [0.15, 0.2) is 42.5 Å². The molecule has 0 aliphatic rings. The molecule has 2 amide bonds. The number of nitrogens with one attached hydrogen (secondary N) is 1. The van der Waals surface area contributed by atoms with E-state index in [1.54, 1.807) is 30.3 Å². The zero-order chi connectivity index (χ0) is 26.2. The summed E-state index contributed by atoms with van der Waals surface area (Å²) in [5.41, 5.74) is 2.23. The summed E-state index contributed by atoms with van der Waals surface area (Å²) in [6.07, 6.45) is 1.92. The van der Waals surface area contributed by atoms with Crippen LogP contribution in [-0.4, -0.2) is 50.5 Å². The van der Waals surface area contributed by atoms with Gasteiger partial charge in [-0.3, -0.25) is 13.9 Å². The highest BCUT2D eigenvalue weighted by Crippen LogP contribution is 2.25. The van der Waals surface area contributed by atoms with Crippen molar-refractivity contribution in [1.82, 2.24) is 10.2 Å². The summed E-state index contributed by atoms with van der Waals surface area (Å²) in [6, 6.07) is 11.5. The summed E-state index contributed by atoms with van der Waals surface area (Å²) in [7, 11) is -3.53. The van der Waals surface area contributed by atoms with Gasteiger partial charge in [0.2, 0.25) is 21.8 Å². The quantitative estimate of drug-likeness (QED) is 0.418. The molecule has 0 saturated carbocycles. The molecule has 10 heteroatoms. The Bertz CT molecular complexity index is 1120. The number of carbonyl (C=O) groups is 2. The van der Waals surface area contributed by atoms with E-state index in [1.165, 1.54) is 9.21 Å². The van der Waals surface area contributed by atoms with Gasteiger partial charge in [-0.05, 0) is 56.5 Å². The number of carbonyl (C=O) groups excluding carboxylic acids is 2. The Morgan fingerprint density at radius 2 is 1.71 bits per heavy atom. The second-order valence-electron chi connectivity index (χ2n) is 8.35. The normalized spacial score (nSPS) is 12.2. The lowest BCUT2D eigenvalue weighted by molar-refractivity contribution is -0.141. The van der Waals surface area contributed by atoms with E-state index in [4.69, 9.17) is 23.2 Å². The number of amides is 2. The van der Waals surface area contributed by atoms with Gasteiger partial charge in [0.25, 0.3) is 0 Å². The van der Waals surface area contributed by atoms with E-state index in [0.717, 1.165) is 11.8 Å². The lowest BCUT2D eigenvalue weighted by Crippen LogP contribution is -2.49. The molecule has 1 atom stereocenters. The van der Waals surface area contributed by atoms with E-state index in [9.17, 15) is 18.0 Å². The van der Waals surface area contributed by atoms with Crippen LogP contribution in [-0.2, 0) is 26.2 Å². The number of anilines is 1. The zero-order valence-corrected chi connectivity index (χ0v) is 22.9. The lowest BCUT2D eigenvalue weighted by Gasteiger charge is -2.31. The molecule has 0 bridgehead atoms. The Labute approximate surface area is 218 Å². The van der Waals surface area contributed by atoms with Crippen molar-refractivity contribution in [3.05, 3.63) is 63.6 Å². The van der Waals surface area contributed by atoms with E-state index in [2.05, 4.69) is 5.32 Å². The van der Waals surface area contributed by atoms with Crippen LogP contribution in [0, 0.1) is 6.92 Å². The highest BCUT2D eigenvalue weighted by atomic mass is 35.5. The van der Waals surface area contributed by atoms with Crippen LogP contribution in [0.2, 0.25) is 10.0 Å². The molecule has 35 heavy (non-hydrogen) atoms. The average Bonchev–Trinajstić information content (AvgIpc) is 2.78. The number of benzene rings is 2. The van der Waals surface area contributed by atoms with Gasteiger partial charge in [0, 0.05) is 36.1 Å². The molecule has 7 nitrogen and oxygen atoms in total. The van der Waals surface area contributed by atoms with Crippen LogP contribution in [0.4, 0.5) is 5.69 Å². The van der Waals surface area contributed by atoms with Crippen LogP contribution in [0.1, 0.15) is 44.2 Å². The second-order valence-corrected chi connectivity index (χ2v) is 11.1. The van der Waals surface area contributed by atoms with Crippen molar-refractivity contribution in [1.29, 1.82) is 0 Å². The van der Waals surface area contributed by atoms with E-state index >= 15 is 0 Å². The smallest absolute Gasteiger partial charge is 0.242 e.